The standard InChI is InChI=1S/C16H16BrN3O/c17-13-6-12(7-19-8-13)16(21)20-9-14(15(18)10-20)11-4-2-1-3-5-11/h1-8,14-15H,9-10,18H2/t14-,15+/m0/s1. The van der Waals surface area contributed by atoms with Gasteiger partial charge in [0.1, 0.15) is 0 Å². The van der Waals surface area contributed by atoms with Crippen LogP contribution in [0.5, 0.6) is 0 Å². The lowest BCUT2D eigenvalue weighted by atomic mass is 9.95. The fourth-order valence-electron chi connectivity index (χ4n) is 2.76. The molecule has 0 spiro atoms. The van der Waals surface area contributed by atoms with E-state index in [-0.39, 0.29) is 17.9 Å². The maximum absolute atomic E-state index is 12.5. The van der Waals surface area contributed by atoms with Gasteiger partial charge in [0.2, 0.25) is 0 Å². The van der Waals surface area contributed by atoms with E-state index in [0.717, 1.165) is 4.47 Å². The molecule has 4 nitrogen and oxygen atoms in total. The van der Waals surface area contributed by atoms with E-state index in [2.05, 4.69) is 33.0 Å². The van der Waals surface area contributed by atoms with Gasteiger partial charge in [-0.1, -0.05) is 30.3 Å². The van der Waals surface area contributed by atoms with Crippen LogP contribution in [0.2, 0.25) is 0 Å². The predicted molar refractivity (Wildman–Crippen MR) is 85.0 cm³/mol. The van der Waals surface area contributed by atoms with Crippen molar-refractivity contribution in [2.75, 3.05) is 13.1 Å². The number of halogens is 1. The Kier molecular flexibility index (Phi) is 4.03. The Morgan fingerprint density at radius 1 is 1.24 bits per heavy atom. The molecular weight excluding hydrogens is 330 g/mol. The predicted octanol–water partition coefficient (Wildman–Crippen LogP) is 2.41. The molecule has 108 valence electrons. The van der Waals surface area contributed by atoms with Gasteiger partial charge >= 0.3 is 0 Å². The summed E-state index contributed by atoms with van der Waals surface area (Å²) in [6.45, 7) is 1.22. The highest BCUT2D eigenvalue weighted by Gasteiger charge is 2.34. The normalized spacial score (nSPS) is 21.5. The Balaban J connectivity index is 1.78. The number of pyridine rings is 1. The number of nitrogens with two attached hydrogens (primary N) is 1. The maximum Gasteiger partial charge on any atom is 0.255 e. The van der Waals surface area contributed by atoms with Crippen molar-refractivity contribution >= 4 is 21.8 Å². The van der Waals surface area contributed by atoms with Crippen molar-refractivity contribution in [1.82, 2.24) is 9.88 Å². The number of carbonyl (C=O) groups excluding carboxylic acids is 1. The van der Waals surface area contributed by atoms with Crippen molar-refractivity contribution in [2.24, 2.45) is 5.73 Å². The first-order chi connectivity index (χ1) is 10.1. The van der Waals surface area contributed by atoms with Crippen LogP contribution in [0, 0.1) is 0 Å². The van der Waals surface area contributed by atoms with Gasteiger partial charge in [0.15, 0.2) is 0 Å². The Labute approximate surface area is 132 Å². The highest BCUT2D eigenvalue weighted by molar-refractivity contribution is 9.10. The molecule has 2 aromatic rings. The van der Waals surface area contributed by atoms with Crippen LogP contribution in [0.4, 0.5) is 0 Å². The van der Waals surface area contributed by atoms with Crippen LogP contribution < -0.4 is 5.73 Å². The molecular formula is C16H16BrN3O. The zero-order valence-electron chi connectivity index (χ0n) is 11.4. The average Bonchev–Trinajstić information content (AvgIpc) is 2.89. The number of rotatable bonds is 2. The van der Waals surface area contributed by atoms with Crippen molar-refractivity contribution < 1.29 is 4.79 Å². The third kappa shape index (κ3) is 2.99. The molecule has 0 unspecified atom stereocenters. The number of aromatic nitrogens is 1. The number of benzene rings is 1. The third-order valence-electron chi connectivity index (χ3n) is 3.83. The van der Waals surface area contributed by atoms with Gasteiger partial charge < -0.3 is 10.6 Å². The summed E-state index contributed by atoms with van der Waals surface area (Å²) in [7, 11) is 0. The molecule has 1 amide bonds. The Bertz CT molecular complexity index is 647. The van der Waals surface area contributed by atoms with Crippen LogP contribution in [0.1, 0.15) is 21.8 Å². The van der Waals surface area contributed by atoms with E-state index < -0.39 is 0 Å². The average molecular weight is 346 g/mol. The van der Waals surface area contributed by atoms with Crippen LogP contribution in [-0.2, 0) is 0 Å². The summed E-state index contributed by atoms with van der Waals surface area (Å²) >= 11 is 3.34. The molecule has 3 rings (SSSR count). The zero-order chi connectivity index (χ0) is 14.8. The Morgan fingerprint density at radius 2 is 2.00 bits per heavy atom. The van der Waals surface area contributed by atoms with Gasteiger partial charge in [-0.05, 0) is 27.6 Å². The minimum Gasteiger partial charge on any atom is -0.336 e. The second-order valence-corrected chi connectivity index (χ2v) is 6.20. The lowest BCUT2D eigenvalue weighted by Crippen LogP contribution is -2.32. The minimum atomic E-state index is -0.0311. The summed E-state index contributed by atoms with van der Waals surface area (Å²) < 4.78 is 0.802. The van der Waals surface area contributed by atoms with Gasteiger partial charge in [-0.25, -0.2) is 0 Å². The summed E-state index contributed by atoms with van der Waals surface area (Å²) in [5.74, 6) is 0.174. The van der Waals surface area contributed by atoms with E-state index in [1.54, 1.807) is 18.5 Å². The van der Waals surface area contributed by atoms with E-state index in [4.69, 9.17) is 5.73 Å². The molecule has 21 heavy (non-hydrogen) atoms. The van der Waals surface area contributed by atoms with Gasteiger partial charge in [0.25, 0.3) is 5.91 Å². The van der Waals surface area contributed by atoms with Gasteiger partial charge in [-0.15, -0.1) is 0 Å². The highest BCUT2D eigenvalue weighted by atomic mass is 79.9. The van der Waals surface area contributed by atoms with Gasteiger partial charge in [0.05, 0.1) is 5.56 Å². The molecule has 0 bridgehead atoms. The quantitative estimate of drug-likeness (QED) is 0.909. The van der Waals surface area contributed by atoms with Crippen molar-refractivity contribution in [3.63, 3.8) is 0 Å². The van der Waals surface area contributed by atoms with Crippen LogP contribution in [0.25, 0.3) is 0 Å². The smallest absolute Gasteiger partial charge is 0.255 e. The van der Waals surface area contributed by atoms with Gasteiger partial charge in [-0.2, -0.15) is 0 Å². The number of hydrogen-bond donors (Lipinski definition) is 1. The van der Waals surface area contributed by atoms with Crippen molar-refractivity contribution in [1.29, 1.82) is 0 Å². The minimum absolute atomic E-state index is 0.0160. The molecule has 2 atom stereocenters. The topological polar surface area (TPSA) is 59.2 Å². The Morgan fingerprint density at radius 3 is 2.71 bits per heavy atom. The summed E-state index contributed by atoms with van der Waals surface area (Å²) in [5, 5.41) is 0. The number of likely N-dealkylation sites (tertiary alicyclic amines) is 1. The lowest BCUT2D eigenvalue weighted by molar-refractivity contribution is 0.0788. The van der Waals surface area contributed by atoms with E-state index >= 15 is 0 Å². The summed E-state index contributed by atoms with van der Waals surface area (Å²) in [4.78, 5) is 18.4. The lowest BCUT2D eigenvalue weighted by Gasteiger charge is -2.16. The van der Waals surface area contributed by atoms with Crippen molar-refractivity contribution in [2.45, 2.75) is 12.0 Å². The molecule has 2 N–H and O–H groups in total. The first-order valence-electron chi connectivity index (χ1n) is 6.85. The number of hydrogen-bond acceptors (Lipinski definition) is 3. The molecule has 0 aliphatic carbocycles. The largest absolute Gasteiger partial charge is 0.336 e. The molecule has 2 heterocycles. The first kappa shape index (κ1) is 14.2. The SMILES string of the molecule is N[C@@H]1CN(C(=O)c2cncc(Br)c2)C[C@H]1c1ccccc1. The molecule has 1 aliphatic rings. The maximum atomic E-state index is 12.5. The van der Waals surface area contributed by atoms with Crippen LogP contribution >= 0.6 is 15.9 Å². The fourth-order valence-corrected chi connectivity index (χ4v) is 3.12. The monoisotopic (exact) mass is 345 g/mol. The highest BCUT2D eigenvalue weighted by Crippen LogP contribution is 2.27. The second kappa shape index (κ2) is 5.95. The molecule has 1 aromatic heterocycles. The number of amides is 1. The summed E-state index contributed by atoms with van der Waals surface area (Å²) in [6, 6.07) is 11.9. The van der Waals surface area contributed by atoms with Crippen LogP contribution in [0.15, 0.2) is 53.3 Å². The van der Waals surface area contributed by atoms with Gasteiger partial charge in [0, 0.05) is 41.9 Å². The third-order valence-corrected chi connectivity index (χ3v) is 4.27. The van der Waals surface area contributed by atoms with Crippen LogP contribution in [-0.4, -0.2) is 34.9 Å². The number of nitrogens with zero attached hydrogens (tertiary/aromatic N) is 2. The second-order valence-electron chi connectivity index (χ2n) is 5.28. The molecule has 1 fully saturated rings. The van der Waals surface area contributed by atoms with E-state index in [9.17, 15) is 4.79 Å². The molecule has 1 saturated heterocycles. The van der Waals surface area contributed by atoms with E-state index in [0.29, 0.717) is 18.7 Å². The molecule has 1 aliphatic heterocycles. The Hall–Kier alpha value is -1.72. The molecule has 1 aromatic carbocycles. The summed E-state index contributed by atoms with van der Waals surface area (Å²) in [6.07, 6.45) is 3.26. The van der Waals surface area contributed by atoms with E-state index in [1.807, 2.05) is 23.1 Å². The fraction of sp³-hybridized carbons (Fsp3) is 0.250. The van der Waals surface area contributed by atoms with Crippen LogP contribution in [0.3, 0.4) is 0 Å². The number of carbonyl (C=O) groups is 1. The van der Waals surface area contributed by atoms with E-state index in [1.165, 1.54) is 5.56 Å². The molecule has 5 heteroatoms. The zero-order valence-corrected chi connectivity index (χ0v) is 13.0. The molecule has 0 radical (unpaired) electrons. The molecule has 0 saturated carbocycles. The summed E-state index contributed by atoms with van der Waals surface area (Å²) in [5.41, 5.74) is 8.00. The first-order valence-corrected chi connectivity index (χ1v) is 7.65. The van der Waals surface area contributed by atoms with Crippen molar-refractivity contribution in [3.8, 4) is 0 Å². The van der Waals surface area contributed by atoms with Gasteiger partial charge in [-0.3, -0.25) is 9.78 Å². The van der Waals surface area contributed by atoms with Crippen molar-refractivity contribution in [3.05, 3.63) is 64.4 Å².